The molecule has 15 heavy (non-hydrogen) atoms. The number of hydrogen-bond acceptors (Lipinski definition) is 4. The van der Waals surface area contributed by atoms with Gasteiger partial charge in [-0.1, -0.05) is 0 Å². The third-order valence-electron chi connectivity index (χ3n) is 2.55. The van der Waals surface area contributed by atoms with E-state index in [9.17, 15) is 0 Å². The average molecular weight is 204 g/mol. The second-order valence-corrected chi connectivity index (χ2v) is 3.60. The van der Waals surface area contributed by atoms with Gasteiger partial charge >= 0.3 is 0 Å². The summed E-state index contributed by atoms with van der Waals surface area (Å²) in [6.45, 7) is 2.45. The smallest absolute Gasteiger partial charge is 0.152 e. The Morgan fingerprint density at radius 2 is 2.47 bits per heavy atom. The first-order valence-corrected chi connectivity index (χ1v) is 5.10. The molecule has 0 aromatic carbocycles. The van der Waals surface area contributed by atoms with Gasteiger partial charge in [0.2, 0.25) is 0 Å². The molecule has 1 aliphatic heterocycles. The highest BCUT2D eigenvalue weighted by Gasteiger charge is 2.19. The van der Waals surface area contributed by atoms with Crippen molar-refractivity contribution in [2.24, 2.45) is 0 Å². The van der Waals surface area contributed by atoms with Gasteiger partial charge in [-0.15, -0.1) is 0 Å². The predicted molar refractivity (Wildman–Crippen MR) is 55.6 cm³/mol. The van der Waals surface area contributed by atoms with Crippen LogP contribution < -0.4 is 5.32 Å². The predicted octanol–water partition coefficient (Wildman–Crippen LogP) is 1.49. The van der Waals surface area contributed by atoms with Crippen LogP contribution in [0.3, 0.4) is 0 Å². The van der Waals surface area contributed by atoms with Crippen LogP contribution in [0.25, 0.3) is 11.1 Å². The summed E-state index contributed by atoms with van der Waals surface area (Å²) in [6, 6.07) is 5.74. The van der Waals surface area contributed by atoms with Gasteiger partial charge in [0.15, 0.2) is 5.58 Å². The van der Waals surface area contributed by atoms with Gasteiger partial charge in [-0.3, -0.25) is 4.98 Å². The van der Waals surface area contributed by atoms with Crippen LogP contribution in [0, 0.1) is 0 Å². The third kappa shape index (κ3) is 1.62. The van der Waals surface area contributed by atoms with Crippen LogP contribution in [0.5, 0.6) is 0 Å². The zero-order chi connectivity index (χ0) is 10.1. The lowest BCUT2D eigenvalue weighted by Crippen LogP contribution is -2.33. The minimum Gasteiger partial charge on any atom is -0.457 e. The number of morpholine rings is 1. The van der Waals surface area contributed by atoms with Crippen LogP contribution in [0.1, 0.15) is 11.9 Å². The largest absolute Gasteiger partial charge is 0.457 e. The molecule has 3 heterocycles. The Kier molecular flexibility index (Phi) is 2.16. The topological polar surface area (TPSA) is 47.3 Å². The highest BCUT2D eigenvalue weighted by atomic mass is 16.5. The number of ether oxygens (including phenoxy) is 1. The van der Waals surface area contributed by atoms with Crippen molar-refractivity contribution in [1.29, 1.82) is 0 Å². The van der Waals surface area contributed by atoms with Crippen LogP contribution in [0.4, 0.5) is 0 Å². The van der Waals surface area contributed by atoms with E-state index in [1.807, 2.05) is 18.2 Å². The van der Waals surface area contributed by atoms with Crippen molar-refractivity contribution < 1.29 is 9.15 Å². The number of pyridine rings is 1. The summed E-state index contributed by atoms with van der Waals surface area (Å²) in [5.41, 5.74) is 1.71. The monoisotopic (exact) mass is 204 g/mol. The lowest BCUT2D eigenvalue weighted by atomic mass is 10.2. The molecule has 2 aromatic rings. The molecule has 2 aromatic heterocycles. The van der Waals surface area contributed by atoms with Crippen LogP contribution in [0.2, 0.25) is 0 Å². The Morgan fingerprint density at radius 1 is 1.47 bits per heavy atom. The van der Waals surface area contributed by atoms with Crippen molar-refractivity contribution in [2.75, 3.05) is 19.7 Å². The number of fused-ring (bicyclic) bond motifs is 1. The molecule has 0 aliphatic carbocycles. The highest BCUT2D eigenvalue weighted by molar-refractivity contribution is 5.72. The lowest BCUT2D eigenvalue weighted by Gasteiger charge is -2.21. The number of aromatic nitrogens is 1. The van der Waals surface area contributed by atoms with E-state index < -0.39 is 0 Å². The van der Waals surface area contributed by atoms with Crippen LogP contribution >= 0.6 is 0 Å². The van der Waals surface area contributed by atoms with E-state index in [4.69, 9.17) is 9.15 Å². The van der Waals surface area contributed by atoms with Gasteiger partial charge in [0.1, 0.15) is 17.4 Å². The minimum absolute atomic E-state index is 0.0212. The molecule has 0 spiro atoms. The minimum atomic E-state index is 0.0212. The third-order valence-corrected chi connectivity index (χ3v) is 2.55. The maximum atomic E-state index is 5.68. The number of furan rings is 1. The Bertz CT molecular complexity index is 427. The normalized spacial score (nSPS) is 22.0. The van der Waals surface area contributed by atoms with Gasteiger partial charge in [-0.05, 0) is 12.1 Å². The van der Waals surface area contributed by atoms with Crippen molar-refractivity contribution in [3.05, 3.63) is 30.2 Å². The Hall–Kier alpha value is -1.39. The SMILES string of the molecule is c1cnc2cc(C3CNCCO3)oc2c1. The molecule has 0 amide bonds. The van der Waals surface area contributed by atoms with Crippen molar-refractivity contribution >= 4 is 11.1 Å². The number of hydrogen-bond donors (Lipinski definition) is 1. The van der Waals surface area contributed by atoms with E-state index in [0.29, 0.717) is 0 Å². The van der Waals surface area contributed by atoms with Crippen molar-refractivity contribution in [1.82, 2.24) is 10.3 Å². The molecule has 0 saturated carbocycles. The van der Waals surface area contributed by atoms with Crippen LogP contribution in [-0.4, -0.2) is 24.7 Å². The maximum absolute atomic E-state index is 5.68. The molecule has 1 saturated heterocycles. The zero-order valence-corrected chi connectivity index (χ0v) is 8.27. The standard InChI is InChI=1S/C11H12N2O2/c1-2-9-8(13-3-1)6-10(15-9)11-7-12-4-5-14-11/h1-3,6,11-12H,4-5,7H2. The average Bonchev–Trinajstić information content (AvgIpc) is 2.74. The van der Waals surface area contributed by atoms with Gasteiger partial charge < -0.3 is 14.5 Å². The highest BCUT2D eigenvalue weighted by Crippen LogP contribution is 2.25. The first-order chi connectivity index (χ1) is 7.43. The fraction of sp³-hybridized carbons (Fsp3) is 0.364. The number of nitrogens with one attached hydrogen (secondary N) is 1. The molecule has 0 bridgehead atoms. The fourth-order valence-corrected chi connectivity index (χ4v) is 1.80. The molecule has 3 rings (SSSR count). The molecule has 0 radical (unpaired) electrons. The van der Waals surface area contributed by atoms with Gasteiger partial charge in [0.25, 0.3) is 0 Å². The summed E-state index contributed by atoms with van der Waals surface area (Å²) in [4.78, 5) is 4.23. The van der Waals surface area contributed by atoms with E-state index >= 15 is 0 Å². The first-order valence-electron chi connectivity index (χ1n) is 5.10. The van der Waals surface area contributed by atoms with Crippen molar-refractivity contribution in [2.45, 2.75) is 6.10 Å². The molecule has 1 aliphatic rings. The quantitative estimate of drug-likeness (QED) is 0.764. The van der Waals surface area contributed by atoms with Gasteiger partial charge in [0, 0.05) is 25.4 Å². The molecule has 1 unspecified atom stereocenters. The van der Waals surface area contributed by atoms with E-state index in [1.54, 1.807) is 6.20 Å². The van der Waals surface area contributed by atoms with E-state index in [1.165, 1.54) is 0 Å². The number of nitrogens with zero attached hydrogens (tertiary/aromatic N) is 1. The van der Waals surface area contributed by atoms with E-state index in [0.717, 1.165) is 36.6 Å². The Balaban J connectivity index is 1.96. The van der Waals surface area contributed by atoms with Gasteiger partial charge in [0.05, 0.1) is 6.61 Å². The summed E-state index contributed by atoms with van der Waals surface area (Å²) < 4.78 is 11.3. The van der Waals surface area contributed by atoms with Crippen LogP contribution in [0.15, 0.2) is 28.8 Å². The fourth-order valence-electron chi connectivity index (χ4n) is 1.80. The summed E-state index contributed by atoms with van der Waals surface area (Å²) in [5, 5.41) is 3.27. The summed E-state index contributed by atoms with van der Waals surface area (Å²) in [6.07, 6.45) is 1.79. The molecular formula is C11H12N2O2. The second kappa shape index (κ2) is 3.64. The summed E-state index contributed by atoms with van der Waals surface area (Å²) >= 11 is 0. The van der Waals surface area contributed by atoms with Gasteiger partial charge in [-0.2, -0.15) is 0 Å². The first kappa shape index (κ1) is 8.88. The molecule has 1 atom stereocenters. The van der Waals surface area contributed by atoms with Gasteiger partial charge in [-0.25, -0.2) is 0 Å². The summed E-state index contributed by atoms with van der Waals surface area (Å²) in [7, 11) is 0. The van der Waals surface area contributed by atoms with Crippen molar-refractivity contribution in [3.63, 3.8) is 0 Å². The second-order valence-electron chi connectivity index (χ2n) is 3.60. The molecular weight excluding hydrogens is 192 g/mol. The molecule has 78 valence electrons. The molecule has 4 heteroatoms. The maximum Gasteiger partial charge on any atom is 0.152 e. The van der Waals surface area contributed by atoms with E-state index in [2.05, 4.69) is 10.3 Å². The van der Waals surface area contributed by atoms with Crippen molar-refractivity contribution in [3.8, 4) is 0 Å². The van der Waals surface area contributed by atoms with Crippen LogP contribution in [-0.2, 0) is 4.74 Å². The Labute approximate surface area is 87.2 Å². The lowest BCUT2D eigenvalue weighted by molar-refractivity contribution is 0.0152. The molecule has 1 N–H and O–H groups in total. The molecule has 4 nitrogen and oxygen atoms in total. The molecule has 1 fully saturated rings. The zero-order valence-electron chi connectivity index (χ0n) is 8.27. The Morgan fingerprint density at radius 3 is 3.27 bits per heavy atom. The summed E-state index contributed by atoms with van der Waals surface area (Å²) in [5.74, 6) is 0.857. The van der Waals surface area contributed by atoms with E-state index in [-0.39, 0.29) is 6.10 Å². The number of rotatable bonds is 1.